The molecule has 0 saturated carbocycles. The third-order valence-corrected chi connectivity index (χ3v) is 3.72. The van der Waals surface area contributed by atoms with Crippen molar-refractivity contribution in [1.29, 1.82) is 5.26 Å². The first-order valence-corrected chi connectivity index (χ1v) is 8.12. The minimum atomic E-state index is -0.659. The summed E-state index contributed by atoms with van der Waals surface area (Å²) in [5.74, 6) is 1.22. The highest BCUT2D eigenvalue weighted by atomic mass is 16.6. The number of nitro groups is 1. The molecular weight excluding hydrogens is 306 g/mol. The van der Waals surface area contributed by atoms with Crippen LogP contribution in [0, 0.1) is 34.3 Å². The molecule has 0 fully saturated rings. The molecule has 1 atom stereocenters. The van der Waals surface area contributed by atoms with Gasteiger partial charge in [0, 0.05) is 0 Å². The van der Waals surface area contributed by atoms with Gasteiger partial charge in [0.05, 0.1) is 23.8 Å². The zero-order valence-corrected chi connectivity index (χ0v) is 15.0. The van der Waals surface area contributed by atoms with Gasteiger partial charge < -0.3 is 4.74 Å². The summed E-state index contributed by atoms with van der Waals surface area (Å²) in [6.07, 6.45) is 8.63. The second-order valence-electron chi connectivity index (χ2n) is 5.60. The summed E-state index contributed by atoms with van der Waals surface area (Å²) < 4.78 is 4.86. The topological polar surface area (TPSA) is 89.0 Å². The van der Waals surface area contributed by atoms with Gasteiger partial charge in [-0.15, -0.1) is 6.58 Å². The Balaban J connectivity index is 0.000000470. The van der Waals surface area contributed by atoms with E-state index in [1.54, 1.807) is 13.0 Å². The normalized spacial score (nSPS) is 10.8. The van der Waals surface area contributed by atoms with Gasteiger partial charge in [-0.2, -0.15) is 5.26 Å². The van der Waals surface area contributed by atoms with Crippen LogP contribution in [0.2, 0.25) is 0 Å². The Hall–Kier alpha value is -2.42. The van der Waals surface area contributed by atoms with E-state index in [1.165, 1.54) is 45.3 Å². The van der Waals surface area contributed by atoms with Gasteiger partial charge in [0.2, 0.25) is 5.69 Å². The van der Waals surface area contributed by atoms with E-state index in [0.29, 0.717) is 11.4 Å². The summed E-state index contributed by atoms with van der Waals surface area (Å²) in [6.45, 7) is 9.90. The predicted molar refractivity (Wildman–Crippen MR) is 95.0 cm³/mol. The summed E-state index contributed by atoms with van der Waals surface area (Å²) >= 11 is 0. The Morgan fingerprint density at radius 3 is 2.67 bits per heavy atom. The van der Waals surface area contributed by atoms with E-state index in [1.807, 2.05) is 6.08 Å². The second kappa shape index (κ2) is 12.1. The first-order chi connectivity index (χ1) is 11.4. The van der Waals surface area contributed by atoms with E-state index in [-0.39, 0.29) is 11.4 Å². The highest BCUT2D eigenvalue weighted by Gasteiger charge is 2.18. The quantitative estimate of drug-likeness (QED) is 0.290. The molecule has 0 radical (unpaired) electrons. The van der Waals surface area contributed by atoms with Gasteiger partial charge in [0.15, 0.2) is 0 Å². The van der Waals surface area contributed by atoms with Crippen LogP contribution in [0.15, 0.2) is 18.7 Å². The maximum atomic E-state index is 10.5. The van der Waals surface area contributed by atoms with Gasteiger partial charge in [0.1, 0.15) is 11.8 Å². The molecule has 1 aromatic heterocycles. The lowest BCUT2D eigenvalue weighted by Gasteiger charge is -2.05. The van der Waals surface area contributed by atoms with Crippen molar-refractivity contribution in [2.24, 2.45) is 5.92 Å². The van der Waals surface area contributed by atoms with E-state index in [2.05, 4.69) is 25.4 Å². The van der Waals surface area contributed by atoms with Gasteiger partial charge in [0.25, 0.3) is 0 Å². The number of hydrogen-bond acceptors (Lipinski definition) is 5. The van der Waals surface area contributed by atoms with E-state index >= 15 is 0 Å². The zero-order valence-electron chi connectivity index (χ0n) is 15.0. The molecule has 1 heterocycles. The Kier molecular flexibility index (Phi) is 10.8. The van der Waals surface area contributed by atoms with Gasteiger partial charge in [-0.25, -0.2) is 4.98 Å². The number of allylic oxidation sites excluding steroid dienone is 1. The van der Waals surface area contributed by atoms with Crippen LogP contribution in [0.1, 0.15) is 57.3 Å². The number of rotatable bonds is 8. The highest BCUT2D eigenvalue weighted by molar-refractivity contribution is 5.49. The molecule has 0 amide bonds. The van der Waals surface area contributed by atoms with Crippen LogP contribution < -0.4 is 4.74 Å². The number of aryl methyl sites for hydroxylation is 1. The Morgan fingerprint density at radius 1 is 1.54 bits per heavy atom. The van der Waals surface area contributed by atoms with E-state index in [4.69, 9.17) is 10.00 Å². The Morgan fingerprint density at radius 2 is 2.21 bits per heavy atom. The van der Waals surface area contributed by atoms with Crippen molar-refractivity contribution in [3.8, 4) is 11.8 Å². The summed E-state index contributed by atoms with van der Waals surface area (Å²) in [7, 11) is 1.39. The van der Waals surface area contributed by atoms with Crippen molar-refractivity contribution >= 4 is 5.69 Å². The summed E-state index contributed by atoms with van der Waals surface area (Å²) in [4.78, 5) is 13.6. The SMILES string of the molecule is C=CCCCCC(C)CC.COc1cc([N+](=O)[O-])c(C#N)nc1C. The van der Waals surface area contributed by atoms with E-state index in [0.717, 1.165) is 5.92 Å². The van der Waals surface area contributed by atoms with Crippen molar-refractivity contribution in [3.63, 3.8) is 0 Å². The van der Waals surface area contributed by atoms with E-state index < -0.39 is 4.92 Å². The van der Waals surface area contributed by atoms with Gasteiger partial charge in [-0.05, 0) is 25.7 Å². The van der Waals surface area contributed by atoms with Crippen LogP contribution >= 0.6 is 0 Å². The molecule has 0 N–H and O–H groups in total. The standard InChI is InChI=1S/C10H20.C8H7N3O3/c1-4-6-7-8-9-10(3)5-2;1-5-8(14-2)3-7(11(12)13)6(4-9)10-5/h4,10H,1,5-9H2,2-3H3;3H,1-2H3. The number of unbranched alkanes of at least 4 members (excludes halogenated alkanes) is 2. The fraction of sp³-hybridized carbons (Fsp3) is 0.556. The van der Waals surface area contributed by atoms with E-state index in [9.17, 15) is 10.1 Å². The Labute approximate surface area is 144 Å². The van der Waals surface area contributed by atoms with Crippen molar-refractivity contribution in [1.82, 2.24) is 4.98 Å². The smallest absolute Gasteiger partial charge is 0.309 e. The monoisotopic (exact) mass is 333 g/mol. The third-order valence-electron chi connectivity index (χ3n) is 3.72. The van der Waals surface area contributed by atoms with Crippen LogP contribution in [0.3, 0.4) is 0 Å². The van der Waals surface area contributed by atoms with Crippen LogP contribution in [0.25, 0.3) is 0 Å². The number of pyridine rings is 1. The molecule has 6 nitrogen and oxygen atoms in total. The number of nitriles is 1. The summed E-state index contributed by atoms with van der Waals surface area (Å²) in [5, 5.41) is 19.1. The molecule has 132 valence electrons. The summed E-state index contributed by atoms with van der Waals surface area (Å²) in [5.41, 5.74) is -0.0853. The van der Waals surface area contributed by atoms with Crippen molar-refractivity contribution in [2.75, 3.05) is 7.11 Å². The molecule has 0 saturated heterocycles. The lowest BCUT2D eigenvalue weighted by Crippen LogP contribution is -1.99. The molecule has 0 aliphatic carbocycles. The molecule has 0 spiro atoms. The molecule has 6 heteroatoms. The lowest BCUT2D eigenvalue weighted by molar-refractivity contribution is -0.385. The number of methoxy groups -OCH3 is 1. The highest BCUT2D eigenvalue weighted by Crippen LogP contribution is 2.24. The molecule has 0 aliphatic heterocycles. The number of ether oxygens (including phenoxy) is 1. The van der Waals surface area contributed by atoms with Crippen LogP contribution in [-0.2, 0) is 0 Å². The van der Waals surface area contributed by atoms with Crippen LogP contribution in [-0.4, -0.2) is 17.0 Å². The first kappa shape index (κ1) is 21.6. The average Bonchev–Trinajstić information content (AvgIpc) is 2.58. The second-order valence-corrected chi connectivity index (χ2v) is 5.60. The minimum absolute atomic E-state index is 0.201. The molecule has 1 aromatic rings. The van der Waals surface area contributed by atoms with Crippen LogP contribution in [0.5, 0.6) is 5.75 Å². The largest absolute Gasteiger partial charge is 0.495 e. The number of nitrogens with zero attached hydrogens (tertiary/aromatic N) is 3. The molecule has 0 aromatic carbocycles. The minimum Gasteiger partial charge on any atom is -0.495 e. The van der Waals surface area contributed by atoms with Gasteiger partial charge in [-0.3, -0.25) is 10.1 Å². The molecule has 0 aliphatic rings. The van der Waals surface area contributed by atoms with Crippen molar-refractivity contribution in [3.05, 3.63) is 40.2 Å². The fourth-order valence-electron chi connectivity index (χ4n) is 1.99. The summed E-state index contributed by atoms with van der Waals surface area (Å²) in [6, 6.07) is 2.86. The zero-order chi connectivity index (χ0) is 18.5. The van der Waals surface area contributed by atoms with Crippen LogP contribution in [0.4, 0.5) is 5.69 Å². The maximum Gasteiger partial charge on any atom is 0.309 e. The van der Waals surface area contributed by atoms with Gasteiger partial charge >= 0.3 is 5.69 Å². The number of hydrogen-bond donors (Lipinski definition) is 0. The van der Waals surface area contributed by atoms with Gasteiger partial charge in [-0.1, -0.05) is 39.2 Å². The third kappa shape index (κ3) is 7.73. The fourth-order valence-corrected chi connectivity index (χ4v) is 1.99. The molecular formula is C18H27N3O3. The molecule has 24 heavy (non-hydrogen) atoms. The Bertz CT molecular complexity index is 580. The predicted octanol–water partition coefficient (Wildman–Crippen LogP) is 4.96. The van der Waals surface area contributed by atoms with Crippen molar-refractivity contribution < 1.29 is 9.66 Å². The first-order valence-electron chi connectivity index (χ1n) is 8.12. The molecule has 1 unspecified atom stereocenters. The number of aromatic nitrogens is 1. The lowest BCUT2D eigenvalue weighted by atomic mass is 10.0. The molecule has 0 bridgehead atoms. The van der Waals surface area contributed by atoms with Crippen molar-refractivity contribution in [2.45, 2.75) is 52.9 Å². The molecule has 1 rings (SSSR count). The maximum absolute atomic E-state index is 10.5. The average molecular weight is 333 g/mol.